The normalized spacial score (nSPS) is 14.3. The molecule has 1 N–H and O–H groups in total. The number of pyridine rings is 1. The van der Waals surface area contributed by atoms with Gasteiger partial charge in [-0.15, -0.1) is 0 Å². The highest BCUT2D eigenvalue weighted by Gasteiger charge is 2.32. The minimum atomic E-state index is -4.51. The second kappa shape index (κ2) is 6.43. The van der Waals surface area contributed by atoms with Crippen LogP contribution in [0.4, 0.5) is 26.3 Å². The molecule has 0 saturated carbocycles. The molecule has 0 radical (unpaired) electrons. The van der Waals surface area contributed by atoms with E-state index in [1.54, 1.807) is 6.92 Å². The maximum atomic E-state index is 12.4. The van der Waals surface area contributed by atoms with Crippen LogP contribution in [0.3, 0.4) is 0 Å². The summed E-state index contributed by atoms with van der Waals surface area (Å²) in [5.74, 6) is 0. The zero-order valence-corrected chi connectivity index (χ0v) is 10.6. The topological polar surface area (TPSA) is 24.9 Å². The Kier molecular flexibility index (Phi) is 5.38. The average molecular weight is 300 g/mol. The van der Waals surface area contributed by atoms with E-state index < -0.39 is 30.4 Å². The van der Waals surface area contributed by atoms with Gasteiger partial charge < -0.3 is 5.32 Å². The molecule has 0 saturated heterocycles. The van der Waals surface area contributed by atoms with Crippen molar-refractivity contribution in [2.75, 3.05) is 6.54 Å². The lowest BCUT2D eigenvalue weighted by molar-refractivity contribution is -0.138. The molecule has 0 aliphatic rings. The fraction of sp³-hybridized carbons (Fsp3) is 0.583. The van der Waals surface area contributed by atoms with E-state index in [1.165, 1.54) is 0 Å². The van der Waals surface area contributed by atoms with E-state index in [1.807, 2.05) is 0 Å². The van der Waals surface area contributed by atoms with Gasteiger partial charge in [0, 0.05) is 18.7 Å². The summed E-state index contributed by atoms with van der Waals surface area (Å²) in [6.07, 6.45) is -9.47. The lowest BCUT2D eigenvalue weighted by Gasteiger charge is -2.18. The molecule has 0 aliphatic carbocycles. The molecule has 1 unspecified atom stereocenters. The standard InChI is InChI=1S/C12H14F6N2/c1-2-19-10(5-6-11(13,14)15)9-4-3-8(7-20-9)12(16,17)18/h3-4,7,10,19H,2,5-6H2,1H3. The molecule has 0 fully saturated rings. The van der Waals surface area contributed by atoms with Crippen molar-refractivity contribution < 1.29 is 26.3 Å². The van der Waals surface area contributed by atoms with E-state index >= 15 is 0 Å². The summed E-state index contributed by atoms with van der Waals surface area (Å²) in [7, 11) is 0. The lowest BCUT2D eigenvalue weighted by Crippen LogP contribution is -2.24. The smallest absolute Gasteiger partial charge is 0.309 e. The Bertz CT molecular complexity index is 409. The molecule has 1 aromatic heterocycles. The Morgan fingerprint density at radius 3 is 2.20 bits per heavy atom. The van der Waals surface area contributed by atoms with Gasteiger partial charge in [-0.1, -0.05) is 6.92 Å². The summed E-state index contributed by atoms with van der Waals surface area (Å²) >= 11 is 0. The first-order valence-corrected chi connectivity index (χ1v) is 5.96. The van der Waals surface area contributed by atoms with E-state index in [9.17, 15) is 26.3 Å². The van der Waals surface area contributed by atoms with Crippen molar-refractivity contribution in [2.24, 2.45) is 0 Å². The van der Waals surface area contributed by atoms with Gasteiger partial charge >= 0.3 is 12.4 Å². The predicted octanol–water partition coefficient (Wildman–Crippen LogP) is 4.09. The first kappa shape index (κ1) is 16.7. The number of alkyl halides is 6. The third-order valence-electron chi connectivity index (χ3n) is 2.64. The van der Waals surface area contributed by atoms with Crippen molar-refractivity contribution in [3.8, 4) is 0 Å². The molecule has 0 spiro atoms. The molecule has 0 amide bonds. The maximum Gasteiger partial charge on any atom is 0.417 e. The molecule has 1 heterocycles. The number of rotatable bonds is 5. The molecule has 1 aromatic rings. The number of hydrogen-bond acceptors (Lipinski definition) is 2. The summed E-state index contributed by atoms with van der Waals surface area (Å²) in [6.45, 7) is 2.09. The van der Waals surface area contributed by atoms with Gasteiger partial charge in [-0.05, 0) is 25.1 Å². The molecule has 114 valence electrons. The van der Waals surface area contributed by atoms with Crippen molar-refractivity contribution in [3.05, 3.63) is 29.6 Å². The number of halogens is 6. The third kappa shape index (κ3) is 5.36. The zero-order valence-electron chi connectivity index (χ0n) is 10.6. The first-order chi connectivity index (χ1) is 9.13. The molecule has 20 heavy (non-hydrogen) atoms. The van der Waals surface area contributed by atoms with Gasteiger partial charge in [0.25, 0.3) is 0 Å². The van der Waals surface area contributed by atoms with Crippen LogP contribution >= 0.6 is 0 Å². The summed E-state index contributed by atoms with van der Waals surface area (Å²) in [5, 5.41) is 2.79. The molecule has 0 bridgehead atoms. The van der Waals surface area contributed by atoms with Crippen LogP contribution < -0.4 is 5.32 Å². The highest BCUT2D eigenvalue weighted by molar-refractivity contribution is 5.19. The third-order valence-corrected chi connectivity index (χ3v) is 2.64. The SMILES string of the molecule is CCNC(CCC(F)(F)F)c1ccc(C(F)(F)F)cn1. The number of hydrogen-bond donors (Lipinski definition) is 1. The van der Waals surface area contributed by atoms with Crippen LogP contribution in [0.2, 0.25) is 0 Å². The predicted molar refractivity (Wildman–Crippen MR) is 60.9 cm³/mol. The molecule has 8 heteroatoms. The second-order valence-corrected chi connectivity index (χ2v) is 4.23. The summed E-state index contributed by atoms with van der Waals surface area (Å²) in [5.41, 5.74) is -0.753. The number of nitrogens with one attached hydrogen (secondary N) is 1. The van der Waals surface area contributed by atoms with Gasteiger partial charge in [0.1, 0.15) is 0 Å². The fourth-order valence-electron chi connectivity index (χ4n) is 1.69. The van der Waals surface area contributed by atoms with E-state index in [0.717, 1.165) is 12.1 Å². The van der Waals surface area contributed by atoms with Crippen molar-refractivity contribution >= 4 is 0 Å². The Hall–Kier alpha value is -1.31. The van der Waals surface area contributed by atoms with E-state index in [0.29, 0.717) is 12.7 Å². The van der Waals surface area contributed by atoms with Gasteiger partial charge in [-0.2, -0.15) is 26.3 Å². The average Bonchev–Trinajstić information content (AvgIpc) is 2.32. The molecule has 0 aromatic carbocycles. The maximum absolute atomic E-state index is 12.4. The van der Waals surface area contributed by atoms with Crippen LogP contribution in [-0.2, 0) is 6.18 Å². The van der Waals surface area contributed by atoms with E-state index in [-0.39, 0.29) is 12.1 Å². The van der Waals surface area contributed by atoms with Crippen LogP contribution in [-0.4, -0.2) is 17.7 Å². The van der Waals surface area contributed by atoms with Crippen molar-refractivity contribution in [1.29, 1.82) is 0 Å². The van der Waals surface area contributed by atoms with Gasteiger partial charge in [0.2, 0.25) is 0 Å². The fourth-order valence-corrected chi connectivity index (χ4v) is 1.69. The largest absolute Gasteiger partial charge is 0.417 e. The molecule has 0 aliphatic heterocycles. The van der Waals surface area contributed by atoms with Gasteiger partial charge in [0.05, 0.1) is 11.3 Å². The minimum absolute atomic E-state index is 0.170. The summed E-state index contributed by atoms with van der Waals surface area (Å²) in [4.78, 5) is 3.61. The lowest BCUT2D eigenvalue weighted by atomic mass is 10.1. The Labute approximate surface area is 112 Å². The van der Waals surface area contributed by atoms with Crippen LogP contribution in [0.1, 0.15) is 37.1 Å². The van der Waals surface area contributed by atoms with Crippen LogP contribution in [0.15, 0.2) is 18.3 Å². The van der Waals surface area contributed by atoms with Crippen molar-refractivity contribution in [3.63, 3.8) is 0 Å². The van der Waals surface area contributed by atoms with Crippen LogP contribution in [0, 0.1) is 0 Å². The van der Waals surface area contributed by atoms with Gasteiger partial charge in [-0.3, -0.25) is 4.98 Å². The summed E-state index contributed by atoms with van der Waals surface area (Å²) < 4.78 is 73.7. The van der Waals surface area contributed by atoms with E-state index in [2.05, 4.69) is 10.3 Å². The Balaban J connectivity index is 2.81. The molecule has 1 atom stereocenters. The number of aromatic nitrogens is 1. The van der Waals surface area contributed by atoms with Gasteiger partial charge in [-0.25, -0.2) is 0 Å². The zero-order chi connectivity index (χ0) is 15.4. The minimum Gasteiger partial charge on any atom is -0.309 e. The van der Waals surface area contributed by atoms with Crippen molar-refractivity contribution in [1.82, 2.24) is 10.3 Å². The van der Waals surface area contributed by atoms with E-state index in [4.69, 9.17) is 0 Å². The molecular formula is C12H14F6N2. The highest BCUT2D eigenvalue weighted by Crippen LogP contribution is 2.30. The molecule has 1 rings (SSSR count). The molecular weight excluding hydrogens is 286 g/mol. The Morgan fingerprint density at radius 1 is 1.15 bits per heavy atom. The quantitative estimate of drug-likeness (QED) is 0.828. The summed E-state index contributed by atoms with van der Waals surface area (Å²) in [6, 6.07) is 1.20. The first-order valence-electron chi connectivity index (χ1n) is 5.96. The second-order valence-electron chi connectivity index (χ2n) is 4.23. The monoisotopic (exact) mass is 300 g/mol. The van der Waals surface area contributed by atoms with Crippen LogP contribution in [0.25, 0.3) is 0 Å². The van der Waals surface area contributed by atoms with Gasteiger partial charge in [0.15, 0.2) is 0 Å². The Morgan fingerprint density at radius 2 is 1.80 bits per heavy atom. The highest BCUT2D eigenvalue weighted by atomic mass is 19.4. The molecule has 2 nitrogen and oxygen atoms in total. The van der Waals surface area contributed by atoms with Crippen LogP contribution in [0.5, 0.6) is 0 Å². The van der Waals surface area contributed by atoms with Crippen molar-refractivity contribution in [2.45, 2.75) is 38.2 Å². The number of nitrogens with zero attached hydrogens (tertiary/aromatic N) is 1.